The van der Waals surface area contributed by atoms with Crippen molar-refractivity contribution in [2.24, 2.45) is 17.1 Å². The van der Waals surface area contributed by atoms with Gasteiger partial charge in [0.25, 0.3) is 0 Å². The fourth-order valence-corrected chi connectivity index (χ4v) is 1.40. The third-order valence-electron chi connectivity index (χ3n) is 2.08. The Kier molecular flexibility index (Phi) is 5.58. The van der Waals surface area contributed by atoms with Crippen LogP contribution in [0.3, 0.4) is 0 Å². The first-order chi connectivity index (χ1) is 6.76. The molecule has 0 radical (unpaired) electrons. The van der Waals surface area contributed by atoms with Gasteiger partial charge < -0.3 is 11.1 Å². The average Bonchev–Trinajstić information content (AvgIpc) is 2.08. The van der Waals surface area contributed by atoms with E-state index in [2.05, 4.69) is 32.7 Å². The zero-order valence-electron chi connectivity index (χ0n) is 10.4. The standard InChI is InChI=1S/C12H24N2O/c1-9(2)8-14-11(15)10(7-13)6-12(3,4)5/h10H,1,6-8,13H2,2-5H3,(H,14,15). The minimum Gasteiger partial charge on any atom is -0.352 e. The van der Waals surface area contributed by atoms with Crippen LogP contribution >= 0.6 is 0 Å². The molecule has 1 unspecified atom stereocenters. The number of hydrogen-bond acceptors (Lipinski definition) is 2. The highest BCUT2D eigenvalue weighted by atomic mass is 16.1. The van der Waals surface area contributed by atoms with Crippen molar-refractivity contribution < 1.29 is 4.79 Å². The van der Waals surface area contributed by atoms with Crippen molar-refractivity contribution in [3.8, 4) is 0 Å². The van der Waals surface area contributed by atoms with Crippen molar-refractivity contribution in [2.45, 2.75) is 34.1 Å². The van der Waals surface area contributed by atoms with Gasteiger partial charge in [0.15, 0.2) is 0 Å². The molecule has 0 saturated carbocycles. The lowest BCUT2D eigenvalue weighted by molar-refractivity contribution is -0.125. The summed E-state index contributed by atoms with van der Waals surface area (Å²) < 4.78 is 0. The molecule has 3 N–H and O–H groups in total. The summed E-state index contributed by atoms with van der Waals surface area (Å²) in [5.41, 5.74) is 6.69. The summed E-state index contributed by atoms with van der Waals surface area (Å²) in [6.07, 6.45) is 0.811. The van der Waals surface area contributed by atoms with E-state index in [1.807, 2.05) is 6.92 Å². The molecule has 0 aliphatic heterocycles. The zero-order chi connectivity index (χ0) is 12.1. The van der Waals surface area contributed by atoms with Gasteiger partial charge >= 0.3 is 0 Å². The normalized spacial score (nSPS) is 13.4. The van der Waals surface area contributed by atoms with Gasteiger partial charge in [-0.3, -0.25) is 4.79 Å². The lowest BCUT2D eigenvalue weighted by atomic mass is 9.84. The Morgan fingerprint density at radius 1 is 1.47 bits per heavy atom. The molecule has 0 aromatic carbocycles. The third kappa shape index (κ3) is 7.14. The molecule has 0 spiro atoms. The molecule has 0 heterocycles. The molecule has 0 saturated heterocycles. The lowest BCUT2D eigenvalue weighted by Gasteiger charge is -2.24. The van der Waals surface area contributed by atoms with Gasteiger partial charge in [-0.15, -0.1) is 0 Å². The van der Waals surface area contributed by atoms with Crippen LogP contribution in [0, 0.1) is 11.3 Å². The minimum atomic E-state index is -0.0932. The van der Waals surface area contributed by atoms with Crippen LogP contribution < -0.4 is 11.1 Å². The molecule has 0 rings (SSSR count). The maximum atomic E-state index is 11.7. The molecule has 0 aliphatic carbocycles. The highest BCUT2D eigenvalue weighted by molar-refractivity contribution is 5.79. The Morgan fingerprint density at radius 2 is 2.00 bits per heavy atom. The summed E-state index contributed by atoms with van der Waals surface area (Å²) in [6, 6.07) is 0. The molecule has 0 aliphatic rings. The van der Waals surface area contributed by atoms with Crippen molar-refractivity contribution >= 4 is 5.91 Å². The van der Waals surface area contributed by atoms with E-state index < -0.39 is 0 Å². The van der Waals surface area contributed by atoms with Crippen molar-refractivity contribution in [1.29, 1.82) is 0 Å². The second kappa shape index (κ2) is 5.91. The van der Waals surface area contributed by atoms with Crippen LogP contribution in [-0.4, -0.2) is 19.0 Å². The van der Waals surface area contributed by atoms with Crippen LogP contribution in [0.15, 0.2) is 12.2 Å². The van der Waals surface area contributed by atoms with Gasteiger partial charge in [-0.25, -0.2) is 0 Å². The summed E-state index contributed by atoms with van der Waals surface area (Å²) in [7, 11) is 0. The van der Waals surface area contributed by atoms with E-state index in [0.717, 1.165) is 12.0 Å². The van der Waals surface area contributed by atoms with E-state index >= 15 is 0 Å². The zero-order valence-corrected chi connectivity index (χ0v) is 10.4. The van der Waals surface area contributed by atoms with Crippen LogP contribution in [0.25, 0.3) is 0 Å². The number of hydrogen-bond donors (Lipinski definition) is 2. The number of carbonyl (C=O) groups excluding carboxylic acids is 1. The molecule has 1 amide bonds. The highest BCUT2D eigenvalue weighted by Crippen LogP contribution is 2.23. The fraction of sp³-hybridized carbons (Fsp3) is 0.750. The molecule has 0 aromatic rings. The topological polar surface area (TPSA) is 55.1 Å². The largest absolute Gasteiger partial charge is 0.352 e. The second-order valence-electron chi connectivity index (χ2n) is 5.37. The van der Waals surface area contributed by atoms with E-state index in [9.17, 15) is 4.79 Å². The smallest absolute Gasteiger partial charge is 0.224 e. The van der Waals surface area contributed by atoms with Gasteiger partial charge in [-0.05, 0) is 18.8 Å². The van der Waals surface area contributed by atoms with E-state index in [1.54, 1.807) is 0 Å². The van der Waals surface area contributed by atoms with Gasteiger partial charge in [0.05, 0.1) is 5.92 Å². The number of carbonyl (C=O) groups is 1. The van der Waals surface area contributed by atoms with Gasteiger partial charge in [0.2, 0.25) is 5.91 Å². The van der Waals surface area contributed by atoms with Crippen molar-refractivity contribution in [1.82, 2.24) is 5.32 Å². The van der Waals surface area contributed by atoms with Crippen LogP contribution in [0.5, 0.6) is 0 Å². The molecular weight excluding hydrogens is 188 g/mol. The molecule has 3 nitrogen and oxygen atoms in total. The Labute approximate surface area is 93.1 Å². The van der Waals surface area contributed by atoms with E-state index in [-0.39, 0.29) is 17.2 Å². The van der Waals surface area contributed by atoms with Crippen molar-refractivity contribution in [3.05, 3.63) is 12.2 Å². The Bertz CT molecular complexity index is 228. The summed E-state index contributed by atoms with van der Waals surface area (Å²) in [4.78, 5) is 11.7. The first-order valence-corrected chi connectivity index (χ1v) is 5.38. The molecule has 0 bridgehead atoms. The summed E-state index contributed by atoms with van der Waals surface area (Å²) in [6.45, 7) is 12.9. The average molecular weight is 212 g/mol. The molecule has 0 aromatic heterocycles. The van der Waals surface area contributed by atoms with E-state index in [4.69, 9.17) is 5.73 Å². The Hall–Kier alpha value is -0.830. The molecule has 3 heteroatoms. The van der Waals surface area contributed by atoms with Crippen molar-refractivity contribution in [3.63, 3.8) is 0 Å². The van der Waals surface area contributed by atoms with Crippen molar-refractivity contribution in [2.75, 3.05) is 13.1 Å². The van der Waals surface area contributed by atoms with Gasteiger partial charge in [0, 0.05) is 13.1 Å². The predicted octanol–water partition coefficient (Wildman–Crippen LogP) is 1.69. The maximum Gasteiger partial charge on any atom is 0.224 e. The monoisotopic (exact) mass is 212 g/mol. The molecule has 0 fully saturated rings. The maximum absolute atomic E-state index is 11.7. The summed E-state index contributed by atoms with van der Waals surface area (Å²) in [5, 5.41) is 2.84. The number of rotatable bonds is 5. The minimum absolute atomic E-state index is 0.0374. The quantitative estimate of drug-likeness (QED) is 0.681. The SMILES string of the molecule is C=C(C)CNC(=O)C(CN)CC(C)(C)C. The Morgan fingerprint density at radius 3 is 2.33 bits per heavy atom. The Balaban J connectivity index is 4.17. The predicted molar refractivity (Wildman–Crippen MR) is 64.4 cm³/mol. The van der Waals surface area contributed by atoms with Crippen LogP contribution in [0.1, 0.15) is 34.1 Å². The van der Waals surface area contributed by atoms with E-state index in [1.165, 1.54) is 0 Å². The number of nitrogens with one attached hydrogen (secondary N) is 1. The van der Waals surface area contributed by atoms with Gasteiger partial charge in [-0.2, -0.15) is 0 Å². The lowest BCUT2D eigenvalue weighted by Crippen LogP contribution is -2.37. The van der Waals surface area contributed by atoms with Gasteiger partial charge in [0.1, 0.15) is 0 Å². The third-order valence-corrected chi connectivity index (χ3v) is 2.08. The summed E-state index contributed by atoms with van der Waals surface area (Å²) >= 11 is 0. The second-order valence-corrected chi connectivity index (χ2v) is 5.37. The number of amides is 1. The summed E-state index contributed by atoms with van der Waals surface area (Å²) in [5.74, 6) is -0.0558. The molecule has 15 heavy (non-hydrogen) atoms. The highest BCUT2D eigenvalue weighted by Gasteiger charge is 2.23. The van der Waals surface area contributed by atoms with Crippen LogP contribution in [0.2, 0.25) is 0 Å². The van der Waals surface area contributed by atoms with Gasteiger partial charge in [-0.1, -0.05) is 32.9 Å². The van der Waals surface area contributed by atoms with Crippen LogP contribution in [0.4, 0.5) is 0 Å². The molecule has 1 atom stereocenters. The first kappa shape index (κ1) is 14.2. The fourth-order valence-electron chi connectivity index (χ4n) is 1.40. The molecular formula is C12H24N2O. The van der Waals surface area contributed by atoms with Crippen LogP contribution in [-0.2, 0) is 4.79 Å². The van der Waals surface area contributed by atoms with E-state index in [0.29, 0.717) is 13.1 Å². The first-order valence-electron chi connectivity index (χ1n) is 5.38. The number of nitrogens with two attached hydrogens (primary N) is 1. The molecule has 88 valence electrons.